The third kappa shape index (κ3) is 3.97. The first-order valence-electron chi connectivity index (χ1n) is 5.12. The molecular weight excluding hydrogens is 281 g/mol. The molecule has 0 aliphatic heterocycles. The number of nitrogens with one attached hydrogen (secondary N) is 1. The Labute approximate surface area is 111 Å². The largest absolute Gasteiger partial charge is 0.495 e. The van der Waals surface area contributed by atoms with Crippen molar-refractivity contribution < 1.29 is 27.6 Å². The summed E-state index contributed by atoms with van der Waals surface area (Å²) in [7, 11) is 1.29. The maximum absolute atomic E-state index is 11.9. The molecule has 20 heavy (non-hydrogen) atoms. The van der Waals surface area contributed by atoms with E-state index in [-0.39, 0.29) is 23.2 Å². The van der Waals surface area contributed by atoms with Crippen LogP contribution in [0.2, 0.25) is 0 Å². The summed E-state index contributed by atoms with van der Waals surface area (Å²) in [5, 5.41) is 12.9. The van der Waals surface area contributed by atoms with Gasteiger partial charge in [-0.1, -0.05) is 0 Å². The van der Waals surface area contributed by atoms with Crippen molar-refractivity contribution in [3.63, 3.8) is 0 Å². The fraction of sp³-hybridized carbons (Fsp3) is 0.182. The van der Waals surface area contributed by atoms with Crippen molar-refractivity contribution in [2.24, 2.45) is 0 Å². The molecule has 6 nitrogen and oxygen atoms in total. The molecule has 1 N–H and O–H groups in total. The van der Waals surface area contributed by atoms with Gasteiger partial charge in [-0.05, 0) is 6.07 Å². The molecule has 0 bridgehead atoms. The van der Waals surface area contributed by atoms with Crippen molar-refractivity contribution in [3.05, 3.63) is 40.6 Å². The van der Waals surface area contributed by atoms with Gasteiger partial charge in [-0.3, -0.25) is 14.9 Å². The van der Waals surface area contributed by atoms with Gasteiger partial charge in [0.1, 0.15) is 5.75 Å². The van der Waals surface area contributed by atoms with Crippen LogP contribution in [0, 0.1) is 10.1 Å². The summed E-state index contributed by atoms with van der Waals surface area (Å²) < 4.78 is 40.7. The van der Waals surface area contributed by atoms with Crippen LogP contribution in [-0.2, 0) is 4.79 Å². The Hall–Kier alpha value is -2.58. The van der Waals surface area contributed by atoms with Crippen LogP contribution in [0.4, 0.5) is 24.5 Å². The Bertz CT molecular complexity index is 555. The van der Waals surface area contributed by atoms with E-state index >= 15 is 0 Å². The number of nitrogens with zero attached hydrogens (tertiary/aromatic N) is 1. The van der Waals surface area contributed by atoms with E-state index in [0.717, 1.165) is 12.3 Å². The molecule has 1 aromatic rings. The molecule has 1 rings (SSSR count). The fourth-order valence-corrected chi connectivity index (χ4v) is 1.22. The topological polar surface area (TPSA) is 81.5 Å². The summed E-state index contributed by atoms with van der Waals surface area (Å²) in [5.74, 6) is -1.87. The molecule has 0 radical (unpaired) electrons. The summed E-state index contributed by atoms with van der Waals surface area (Å²) in [5.41, 5.74) is -0.211. The van der Waals surface area contributed by atoms with Gasteiger partial charge in [0.05, 0.1) is 17.7 Å². The number of nitro benzene ring substituents is 1. The van der Waals surface area contributed by atoms with Gasteiger partial charge in [-0.2, -0.15) is 13.2 Å². The molecular formula is C11H9F3N2O4. The second kappa shape index (κ2) is 6.04. The fourth-order valence-electron chi connectivity index (χ4n) is 1.22. The summed E-state index contributed by atoms with van der Waals surface area (Å²) >= 11 is 0. The first kappa shape index (κ1) is 15.5. The molecule has 1 aromatic carbocycles. The van der Waals surface area contributed by atoms with Crippen molar-refractivity contribution in [2.45, 2.75) is 6.18 Å². The van der Waals surface area contributed by atoms with Crippen LogP contribution in [0.15, 0.2) is 30.5 Å². The van der Waals surface area contributed by atoms with Crippen LogP contribution in [0.1, 0.15) is 0 Å². The zero-order chi connectivity index (χ0) is 15.3. The van der Waals surface area contributed by atoms with Gasteiger partial charge in [-0.15, -0.1) is 0 Å². The Kier molecular flexibility index (Phi) is 4.68. The van der Waals surface area contributed by atoms with E-state index < -0.39 is 16.9 Å². The lowest BCUT2D eigenvalue weighted by Gasteiger charge is -2.07. The SMILES string of the molecule is COc1ccc([N+](=O)[O-])cc1NC=CC(=O)C(F)(F)F. The number of hydrogen-bond acceptors (Lipinski definition) is 5. The molecule has 0 aliphatic carbocycles. The third-order valence-corrected chi connectivity index (χ3v) is 2.15. The van der Waals surface area contributed by atoms with Crippen LogP contribution < -0.4 is 10.1 Å². The number of halogens is 3. The Balaban J connectivity index is 2.91. The van der Waals surface area contributed by atoms with Gasteiger partial charge in [0.25, 0.3) is 11.5 Å². The van der Waals surface area contributed by atoms with E-state index in [9.17, 15) is 28.1 Å². The Morgan fingerprint density at radius 3 is 2.60 bits per heavy atom. The molecule has 0 saturated carbocycles. The zero-order valence-electron chi connectivity index (χ0n) is 10.1. The number of alkyl halides is 3. The van der Waals surface area contributed by atoms with Gasteiger partial charge in [-0.25, -0.2) is 0 Å². The molecule has 0 heterocycles. The predicted molar refractivity (Wildman–Crippen MR) is 63.5 cm³/mol. The second-order valence-electron chi connectivity index (χ2n) is 3.48. The van der Waals surface area contributed by atoms with Gasteiger partial charge in [0.2, 0.25) is 0 Å². The Morgan fingerprint density at radius 1 is 1.45 bits per heavy atom. The lowest BCUT2D eigenvalue weighted by molar-refractivity contribution is -0.384. The number of carbonyl (C=O) groups excluding carboxylic acids is 1. The molecule has 0 aliphatic rings. The predicted octanol–water partition coefficient (Wildman–Crippen LogP) is 2.66. The first-order chi connectivity index (χ1) is 9.25. The number of anilines is 1. The maximum atomic E-state index is 11.9. The molecule has 0 amide bonds. The standard InChI is InChI=1S/C11H9F3N2O4/c1-20-9-3-2-7(16(18)19)6-8(9)15-5-4-10(17)11(12,13)14/h2-6,15H,1H3. The number of benzene rings is 1. The second-order valence-corrected chi connectivity index (χ2v) is 3.48. The highest BCUT2D eigenvalue weighted by Gasteiger charge is 2.36. The third-order valence-electron chi connectivity index (χ3n) is 2.15. The van der Waals surface area contributed by atoms with E-state index in [4.69, 9.17) is 4.74 Å². The number of rotatable bonds is 5. The van der Waals surface area contributed by atoms with Crippen molar-refractivity contribution >= 4 is 17.2 Å². The van der Waals surface area contributed by atoms with E-state index in [1.807, 2.05) is 0 Å². The van der Waals surface area contributed by atoms with Gasteiger partial charge in [0.15, 0.2) is 0 Å². The molecule has 0 fully saturated rings. The first-order valence-corrected chi connectivity index (χ1v) is 5.12. The minimum Gasteiger partial charge on any atom is -0.495 e. The van der Waals surface area contributed by atoms with E-state index in [2.05, 4.69) is 5.32 Å². The maximum Gasteiger partial charge on any atom is 0.454 e. The highest BCUT2D eigenvalue weighted by molar-refractivity contribution is 5.94. The zero-order valence-corrected chi connectivity index (χ0v) is 10.1. The summed E-state index contributed by atoms with van der Waals surface area (Å²) in [6, 6.07) is 3.52. The minimum absolute atomic E-state index is 0.0629. The quantitative estimate of drug-likeness (QED) is 0.512. The number of methoxy groups -OCH3 is 1. The highest BCUT2D eigenvalue weighted by atomic mass is 19.4. The normalized spacial score (nSPS) is 11.4. The average molecular weight is 290 g/mol. The van der Waals surface area contributed by atoms with Crippen molar-refractivity contribution in [2.75, 3.05) is 12.4 Å². The Morgan fingerprint density at radius 2 is 2.10 bits per heavy atom. The van der Waals surface area contributed by atoms with E-state index in [1.54, 1.807) is 0 Å². The van der Waals surface area contributed by atoms with E-state index in [0.29, 0.717) is 0 Å². The molecule has 0 aromatic heterocycles. The number of non-ortho nitro benzene ring substituents is 1. The van der Waals surface area contributed by atoms with Crippen LogP contribution >= 0.6 is 0 Å². The molecule has 108 valence electrons. The average Bonchev–Trinajstić information content (AvgIpc) is 2.37. The molecule has 0 unspecified atom stereocenters. The number of ether oxygens (including phenoxy) is 1. The van der Waals surface area contributed by atoms with Crippen LogP contribution in [0.25, 0.3) is 0 Å². The van der Waals surface area contributed by atoms with Crippen molar-refractivity contribution in [1.29, 1.82) is 0 Å². The summed E-state index contributed by atoms with van der Waals surface area (Å²) in [6.07, 6.45) is -3.96. The highest BCUT2D eigenvalue weighted by Crippen LogP contribution is 2.28. The number of hydrogen-bond donors (Lipinski definition) is 1. The smallest absolute Gasteiger partial charge is 0.454 e. The monoisotopic (exact) mass is 290 g/mol. The molecule has 0 spiro atoms. The summed E-state index contributed by atoms with van der Waals surface area (Å²) in [4.78, 5) is 20.5. The van der Waals surface area contributed by atoms with Crippen LogP contribution in [-0.4, -0.2) is 24.0 Å². The van der Waals surface area contributed by atoms with Crippen LogP contribution in [0.3, 0.4) is 0 Å². The molecule has 9 heteroatoms. The van der Waals surface area contributed by atoms with Crippen LogP contribution in [0.5, 0.6) is 5.75 Å². The molecule has 0 atom stereocenters. The van der Waals surface area contributed by atoms with Crippen molar-refractivity contribution in [1.82, 2.24) is 0 Å². The lowest BCUT2D eigenvalue weighted by Crippen LogP contribution is -2.20. The minimum atomic E-state index is -4.97. The van der Waals surface area contributed by atoms with E-state index in [1.165, 1.54) is 19.2 Å². The van der Waals surface area contributed by atoms with Gasteiger partial charge >= 0.3 is 6.18 Å². The lowest BCUT2D eigenvalue weighted by atomic mass is 10.2. The van der Waals surface area contributed by atoms with Gasteiger partial charge in [0, 0.05) is 24.4 Å². The summed E-state index contributed by atoms with van der Waals surface area (Å²) in [6.45, 7) is 0. The number of nitro groups is 1. The number of ketones is 1. The number of carbonyl (C=O) groups is 1. The number of allylic oxidation sites excluding steroid dienone is 1. The molecule has 0 saturated heterocycles. The van der Waals surface area contributed by atoms with Gasteiger partial charge < -0.3 is 10.1 Å². The van der Waals surface area contributed by atoms with Crippen molar-refractivity contribution in [3.8, 4) is 5.75 Å².